The van der Waals surface area contributed by atoms with Gasteiger partial charge in [0.25, 0.3) is 5.91 Å². The van der Waals surface area contributed by atoms with Gasteiger partial charge in [-0.1, -0.05) is 18.2 Å². The Morgan fingerprint density at radius 1 is 1.32 bits per heavy atom. The van der Waals surface area contributed by atoms with Crippen LogP contribution in [0.2, 0.25) is 0 Å². The first-order valence-electron chi connectivity index (χ1n) is 8.76. The number of likely N-dealkylation sites (tertiary alicyclic amines) is 1. The summed E-state index contributed by atoms with van der Waals surface area (Å²) in [5.41, 5.74) is 1.20. The monoisotopic (exact) mass is 342 g/mol. The molecule has 1 aromatic carbocycles. The molecule has 0 unspecified atom stereocenters. The Bertz CT molecular complexity index is 686. The highest BCUT2D eigenvalue weighted by atomic mass is 16.5. The summed E-state index contributed by atoms with van der Waals surface area (Å²) >= 11 is 0. The average molecular weight is 342 g/mol. The lowest BCUT2D eigenvalue weighted by molar-refractivity contribution is -0.123. The molecule has 1 N–H and O–H groups in total. The van der Waals surface area contributed by atoms with Crippen molar-refractivity contribution in [1.82, 2.24) is 19.8 Å². The van der Waals surface area contributed by atoms with Crippen LogP contribution in [0.15, 0.2) is 42.9 Å². The van der Waals surface area contributed by atoms with Gasteiger partial charge >= 0.3 is 0 Å². The normalized spacial score (nSPS) is 21.0. The first-order chi connectivity index (χ1) is 12.1. The second kappa shape index (κ2) is 8.16. The summed E-state index contributed by atoms with van der Waals surface area (Å²) in [5, 5.41) is 3.03. The van der Waals surface area contributed by atoms with E-state index in [1.165, 1.54) is 5.69 Å². The Hall–Kier alpha value is -2.34. The van der Waals surface area contributed by atoms with Gasteiger partial charge in [-0.25, -0.2) is 4.98 Å². The fourth-order valence-corrected chi connectivity index (χ4v) is 3.55. The van der Waals surface area contributed by atoms with E-state index in [0.29, 0.717) is 18.2 Å². The number of carbonyl (C=O) groups is 1. The van der Waals surface area contributed by atoms with Crippen LogP contribution in [0.1, 0.15) is 24.6 Å². The SMILES string of the molecule is CN1CCC[C@@H](CNC(=O)COc2ccccc2)[C@@H]1c1cncn1C. The van der Waals surface area contributed by atoms with Crippen molar-refractivity contribution in [3.8, 4) is 5.75 Å². The second-order valence-electron chi connectivity index (χ2n) is 6.66. The van der Waals surface area contributed by atoms with Gasteiger partial charge in [0.05, 0.1) is 18.1 Å². The number of amides is 1. The highest BCUT2D eigenvalue weighted by Gasteiger charge is 2.32. The summed E-state index contributed by atoms with van der Waals surface area (Å²) in [7, 11) is 4.16. The summed E-state index contributed by atoms with van der Waals surface area (Å²) in [6, 6.07) is 9.68. The lowest BCUT2D eigenvalue weighted by Crippen LogP contribution is -2.43. The third-order valence-corrected chi connectivity index (χ3v) is 4.84. The maximum absolute atomic E-state index is 12.1. The summed E-state index contributed by atoms with van der Waals surface area (Å²) in [4.78, 5) is 18.7. The maximum Gasteiger partial charge on any atom is 0.257 e. The van der Waals surface area contributed by atoms with Gasteiger partial charge in [-0.05, 0) is 44.5 Å². The van der Waals surface area contributed by atoms with Crippen molar-refractivity contribution in [3.63, 3.8) is 0 Å². The van der Waals surface area contributed by atoms with Crippen molar-refractivity contribution >= 4 is 5.91 Å². The molecule has 2 heterocycles. The van der Waals surface area contributed by atoms with Gasteiger partial charge in [-0.15, -0.1) is 0 Å². The van der Waals surface area contributed by atoms with Crippen LogP contribution in [-0.4, -0.2) is 47.1 Å². The van der Waals surface area contributed by atoms with Gasteiger partial charge in [0.15, 0.2) is 6.61 Å². The molecule has 6 nitrogen and oxygen atoms in total. The van der Waals surface area contributed by atoms with Crippen molar-refractivity contribution in [2.45, 2.75) is 18.9 Å². The third kappa shape index (κ3) is 4.39. The van der Waals surface area contributed by atoms with E-state index in [4.69, 9.17) is 4.74 Å². The molecular weight excluding hydrogens is 316 g/mol. The fraction of sp³-hybridized carbons (Fsp3) is 0.474. The molecule has 0 saturated carbocycles. The van der Waals surface area contributed by atoms with Crippen LogP contribution in [0, 0.1) is 5.92 Å². The fourth-order valence-electron chi connectivity index (χ4n) is 3.55. The minimum Gasteiger partial charge on any atom is -0.484 e. The molecule has 1 saturated heterocycles. The molecule has 1 aliphatic heterocycles. The Balaban J connectivity index is 1.55. The van der Waals surface area contributed by atoms with E-state index in [9.17, 15) is 4.79 Å². The van der Waals surface area contributed by atoms with Gasteiger partial charge in [-0.3, -0.25) is 9.69 Å². The molecular formula is C19H26N4O2. The van der Waals surface area contributed by atoms with E-state index >= 15 is 0 Å². The molecule has 6 heteroatoms. The minimum absolute atomic E-state index is 0.0446. The Morgan fingerprint density at radius 2 is 2.12 bits per heavy atom. The number of benzene rings is 1. The molecule has 1 amide bonds. The predicted octanol–water partition coefficient (Wildman–Crippen LogP) is 2.00. The van der Waals surface area contributed by atoms with Crippen LogP contribution in [-0.2, 0) is 11.8 Å². The van der Waals surface area contributed by atoms with Crippen molar-refractivity contribution in [3.05, 3.63) is 48.5 Å². The number of aromatic nitrogens is 2. The molecule has 2 atom stereocenters. The molecule has 1 aliphatic rings. The summed E-state index contributed by atoms with van der Waals surface area (Å²) in [5.74, 6) is 0.999. The first kappa shape index (κ1) is 17.5. The standard InChI is InChI=1S/C19H26N4O2/c1-22-10-6-7-15(19(22)17-12-20-14-23(17)2)11-21-18(24)13-25-16-8-4-3-5-9-16/h3-5,8-9,12,14-15,19H,6-7,10-11,13H2,1-2H3,(H,21,24)/t15-,19+/m0/s1. The molecule has 1 aromatic heterocycles. The number of hydrogen-bond donors (Lipinski definition) is 1. The van der Waals surface area contributed by atoms with E-state index in [-0.39, 0.29) is 18.6 Å². The van der Waals surface area contributed by atoms with Crippen LogP contribution in [0.4, 0.5) is 0 Å². The zero-order valence-electron chi connectivity index (χ0n) is 14.9. The molecule has 3 rings (SSSR count). The van der Waals surface area contributed by atoms with Crippen molar-refractivity contribution in [2.75, 3.05) is 26.7 Å². The van der Waals surface area contributed by atoms with Crippen LogP contribution in [0.5, 0.6) is 5.75 Å². The number of aryl methyl sites for hydroxylation is 1. The van der Waals surface area contributed by atoms with E-state index < -0.39 is 0 Å². The van der Waals surface area contributed by atoms with Crippen LogP contribution >= 0.6 is 0 Å². The zero-order valence-corrected chi connectivity index (χ0v) is 14.9. The van der Waals surface area contributed by atoms with Crippen LogP contribution < -0.4 is 10.1 Å². The molecule has 25 heavy (non-hydrogen) atoms. The van der Waals surface area contributed by atoms with E-state index in [1.807, 2.05) is 49.9 Å². The quantitative estimate of drug-likeness (QED) is 0.872. The Kier molecular flexibility index (Phi) is 5.71. The molecule has 2 aromatic rings. The van der Waals surface area contributed by atoms with Gasteiger partial charge in [0, 0.05) is 19.8 Å². The smallest absolute Gasteiger partial charge is 0.257 e. The average Bonchev–Trinajstić information content (AvgIpc) is 3.04. The summed E-state index contributed by atoms with van der Waals surface area (Å²) in [6.45, 7) is 1.76. The number of nitrogens with zero attached hydrogens (tertiary/aromatic N) is 3. The number of hydrogen-bond acceptors (Lipinski definition) is 4. The highest BCUT2D eigenvalue weighted by molar-refractivity contribution is 5.77. The van der Waals surface area contributed by atoms with Crippen molar-refractivity contribution < 1.29 is 9.53 Å². The van der Waals surface area contributed by atoms with Crippen molar-refractivity contribution in [2.24, 2.45) is 13.0 Å². The number of ether oxygens (including phenoxy) is 1. The molecule has 0 radical (unpaired) electrons. The molecule has 0 spiro atoms. The van der Waals surface area contributed by atoms with Gasteiger partial charge in [0.1, 0.15) is 5.75 Å². The molecule has 134 valence electrons. The number of carbonyl (C=O) groups excluding carboxylic acids is 1. The third-order valence-electron chi connectivity index (χ3n) is 4.84. The largest absolute Gasteiger partial charge is 0.484 e. The Labute approximate surface area is 148 Å². The lowest BCUT2D eigenvalue weighted by atomic mass is 9.87. The number of piperidine rings is 1. The molecule has 0 aliphatic carbocycles. The van der Waals surface area contributed by atoms with Gasteiger partial charge in [-0.2, -0.15) is 0 Å². The van der Waals surface area contributed by atoms with E-state index in [0.717, 1.165) is 19.4 Å². The Morgan fingerprint density at radius 3 is 2.84 bits per heavy atom. The molecule has 0 bridgehead atoms. The lowest BCUT2D eigenvalue weighted by Gasteiger charge is -2.39. The number of rotatable bonds is 6. The molecule has 1 fully saturated rings. The highest BCUT2D eigenvalue weighted by Crippen LogP contribution is 2.34. The maximum atomic E-state index is 12.1. The van der Waals surface area contributed by atoms with Crippen LogP contribution in [0.25, 0.3) is 0 Å². The van der Waals surface area contributed by atoms with E-state index in [1.54, 1.807) is 0 Å². The van der Waals surface area contributed by atoms with Crippen molar-refractivity contribution in [1.29, 1.82) is 0 Å². The second-order valence-corrected chi connectivity index (χ2v) is 6.66. The van der Waals surface area contributed by atoms with Gasteiger partial charge < -0.3 is 14.6 Å². The van der Waals surface area contributed by atoms with Crippen LogP contribution in [0.3, 0.4) is 0 Å². The topological polar surface area (TPSA) is 59.4 Å². The summed E-state index contributed by atoms with van der Waals surface area (Å²) < 4.78 is 7.58. The predicted molar refractivity (Wildman–Crippen MR) is 96.2 cm³/mol. The number of nitrogens with one attached hydrogen (secondary N) is 1. The summed E-state index contributed by atoms with van der Waals surface area (Å²) in [6.07, 6.45) is 6.01. The van der Waals surface area contributed by atoms with Gasteiger partial charge in [0.2, 0.25) is 0 Å². The number of para-hydroxylation sites is 1. The zero-order chi connectivity index (χ0) is 17.6. The first-order valence-corrected chi connectivity index (χ1v) is 8.76. The number of imidazole rings is 1. The minimum atomic E-state index is -0.0826. The van der Waals surface area contributed by atoms with E-state index in [2.05, 4.69) is 26.8 Å².